The van der Waals surface area contributed by atoms with Crippen LogP contribution in [0.2, 0.25) is 0 Å². The second kappa shape index (κ2) is 10.1. The van der Waals surface area contributed by atoms with Crippen LogP contribution in [0.4, 0.5) is 11.4 Å². The van der Waals surface area contributed by atoms with Gasteiger partial charge in [0.05, 0.1) is 4.92 Å². The van der Waals surface area contributed by atoms with Gasteiger partial charge in [-0.2, -0.15) is 13.7 Å². The monoisotopic (exact) mass is 499 g/mol. The molecule has 0 aromatic heterocycles. The lowest BCUT2D eigenvalue weighted by Gasteiger charge is -2.09. The third kappa shape index (κ3) is 5.38. The molecule has 0 aliphatic heterocycles. The maximum Gasteiger partial charge on any atom is 0.339 e. The summed E-state index contributed by atoms with van der Waals surface area (Å²) >= 11 is 0. The van der Waals surface area contributed by atoms with E-state index in [2.05, 4.69) is 5.32 Å². The molecule has 0 bridgehead atoms. The van der Waals surface area contributed by atoms with E-state index in [1.54, 1.807) is 18.2 Å². The molecule has 0 fully saturated rings. The number of carbonyl (C=O) groups is 1. The van der Waals surface area contributed by atoms with Gasteiger partial charge in [-0.15, -0.1) is 0 Å². The van der Waals surface area contributed by atoms with Crippen molar-refractivity contribution in [1.82, 2.24) is 0 Å². The van der Waals surface area contributed by atoms with Gasteiger partial charge in [0, 0.05) is 23.2 Å². The molecule has 0 aliphatic carbocycles. The molecule has 9 nitrogen and oxygen atoms in total. The lowest BCUT2D eigenvalue weighted by molar-refractivity contribution is -0.385. The first-order valence-corrected chi connectivity index (χ1v) is 11.9. The van der Waals surface area contributed by atoms with Gasteiger partial charge in [0.25, 0.3) is 11.6 Å². The van der Waals surface area contributed by atoms with Crippen molar-refractivity contribution in [2.24, 2.45) is 0 Å². The minimum absolute atomic E-state index is 0.0954. The van der Waals surface area contributed by atoms with Crippen LogP contribution in [0.1, 0.15) is 5.56 Å². The largest absolute Gasteiger partial charge is 0.379 e. The molecule has 0 atom stereocenters. The van der Waals surface area contributed by atoms with Crippen molar-refractivity contribution in [2.45, 2.75) is 4.90 Å². The van der Waals surface area contributed by atoms with Crippen molar-refractivity contribution < 1.29 is 22.3 Å². The van der Waals surface area contributed by atoms with Crippen molar-refractivity contribution in [3.05, 3.63) is 112 Å². The lowest BCUT2D eigenvalue weighted by atomic mass is 10.1. The molecule has 0 radical (unpaired) electrons. The van der Waals surface area contributed by atoms with Crippen LogP contribution in [-0.2, 0) is 14.9 Å². The van der Waals surface area contributed by atoms with Gasteiger partial charge in [0.15, 0.2) is 0 Å². The number of carbonyl (C=O) groups excluding carboxylic acids is 1. The Morgan fingerprint density at radius 3 is 2.47 bits per heavy atom. The van der Waals surface area contributed by atoms with Crippen LogP contribution in [-0.4, -0.2) is 19.2 Å². The van der Waals surface area contributed by atoms with E-state index in [1.165, 1.54) is 36.4 Å². The Morgan fingerprint density at radius 1 is 0.972 bits per heavy atom. The van der Waals surface area contributed by atoms with Crippen molar-refractivity contribution >= 4 is 44.2 Å². The number of fused-ring (bicyclic) bond motifs is 1. The molecule has 1 amide bonds. The van der Waals surface area contributed by atoms with Crippen molar-refractivity contribution in [2.75, 3.05) is 5.32 Å². The zero-order chi connectivity index (χ0) is 25.7. The number of rotatable bonds is 7. The van der Waals surface area contributed by atoms with Gasteiger partial charge in [-0.3, -0.25) is 14.9 Å². The van der Waals surface area contributed by atoms with E-state index in [1.807, 2.05) is 36.4 Å². The van der Waals surface area contributed by atoms with Gasteiger partial charge in [-0.05, 0) is 41.3 Å². The zero-order valence-electron chi connectivity index (χ0n) is 18.5. The smallest absolute Gasteiger partial charge is 0.339 e. The van der Waals surface area contributed by atoms with E-state index < -0.39 is 26.6 Å². The minimum Gasteiger partial charge on any atom is -0.379 e. The van der Waals surface area contributed by atoms with Gasteiger partial charge < -0.3 is 9.50 Å². The van der Waals surface area contributed by atoms with E-state index in [0.717, 1.165) is 22.9 Å². The Hall–Kier alpha value is -5.01. The van der Waals surface area contributed by atoms with Crippen LogP contribution in [0.15, 0.2) is 101 Å². The predicted octanol–water partition coefficient (Wildman–Crippen LogP) is 5.06. The lowest BCUT2D eigenvalue weighted by Crippen LogP contribution is -2.13. The van der Waals surface area contributed by atoms with Gasteiger partial charge in [0.1, 0.15) is 22.3 Å². The fraction of sp³-hybridized carbons (Fsp3) is 0. The maximum absolute atomic E-state index is 12.8. The van der Waals surface area contributed by atoms with Gasteiger partial charge in [0.2, 0.25) is 0 Å². The van der Waals surface area contributed by atoms with Crippen LogP contribution < -0.4 is 9.50 Å². The van der Waals surface area contributed by atoms with Crippen molar-refractivity contribution in [1.29, 1.82) is 5.26 Å². The zero-order valence-corrected chi connectivity index (χ0v) is 19.3. The number of hydrogen-bond donors (Lipinski definition) is 1. The first kappa shape index (κ1) is 24.1. The molecule has 4 rings (SSSR count). The number of nitro groups is 1. The minimum atomic E-state index is -4.37. The molecule has 178 valence electrons. The molecule has 0 aliphatic rings. The number of benzene rings is 4. The highest BCUT2D eigenvalue weighted by Gasteiger charge is 2.20. The number of anilines is 1. The first-order valence-electron chi connectivity index (χ1n) is 10.5. The molecule has 0 saturated heterocycles. The fourth-order valence-electron chi connectivity index (χ4n) is 3.42. The highest BCUT2D eigenvalue weighted by molar-refractivity contribution is 7.87. The molecule has 4 aromatic rings. The van der Waals surface area contributed by atoms with E-state index >= 15 is 0 Å². The first-order chi connectivity index (χ1) is 17.3. The molecule has 36 heavy (non-hydrogen) atoms. The van der Waals surface area contributed by atoms with Gasteiger partial charge in [-0.1, -0.05) is 54.6 Å². The summed E-state index contributed by atoms with van der Waals surface area (Å²) in [6.07, 6.45) is 1.30. The summed E-state index contributed by atoms with van der Waals surface area (Å²) in [6.45, 7) is 0. The SMILES string of the molecule is N#C/C(=C\c1cccc(OS(=O)(=O)c2cccc([N+](=O)[O-])c2)c1)C(=O)Nc1cccc2ccccc12. The molecule has 10 heteroatoms. The maximum atomic E-state index is 12.8. The van der Waals surface area contributed by atoms with E-state index in [-0.39, 0.29) is 16.2 Å². The number of nitro benzene ring substituents is 1. The molecule has 0 saturated carbocycles. The number of nitrogens with zero attached hydrogens (tertiary/aromatic N) is 2. The topological polar surface area (TPSA) is 139 Å². The third-order valence-corrected chi connectivity index (χ3v) is 6.34. The number of nitrogens with one attached hydrogen (secondary N) is 1. The van der Waals surface area contributed by atoms with Crippen LogP contribution >= 0.6 is 0 Å². The van der Waals surface area contributed by atoms with Crippen LogP contribution in [0, 0.1) is 21.4 Å². The fourth-order valence-corrected chi connectivity index (χ4v) is 4.39. The average Bonchev–Trinajstić information content (AvgIpc) is 2.87. The normalized spacial score (nSPS) is 11.5. The molecule has 1 N–H and O–H groups in total. The van der Waals surface area contributed by atoms with Crippen molar-refractivity contribution in [3.8, 4) is 11.8 Å². The third-order valence-electron chi connectivity index (χ3n) is 5.10. The second-order valence-electron chi connectivity index (χ2n) is 7.52. The number of nitriles is 1. The number of non-ortho nitro benzene ring substituents is 1. The predicted molar refractivity (Wildman–Crippen MR) is 134 cm³/mol. The molecule has 4 aromatic carbocycles. The molecular weight excluding hydrogens is 482 g/mol. The summed E-state index contributed by atoms with van der Waals surface area (Å²) in [6, 6.07) is 25.0. The Kier molecular flexibility index (Phi) is 6.76. The molecular formula is C26H17N3O6S. The van der Waals surface area contributed by atoms with Crippen LogP contribution in [0.25, 0.3) is 16.8 Å². The standard InChI is InChI=1S/C26H17N3O6S/c27-17-20(26(30)28-25-13-4-8-19-7-1-2-12-24(19)25)14-18-6-3-10-22(15-18)35-36(33,34)23-11-5-9-21(16-23)29(31)32/h1-16H,(H,28,30)/b20-14+. The summed E-state index contributed by atoms with van der Waals surface area (Å²) in [4.78, 5) is 22.7. The Labute approximate surface area is 206 Å². The molecule has 0 unspecified atom stereocenters. The summed E-state index contributed by atoms with van der Waals surface area (Å²) in [5.74, 6) is -0.730. The quantitative estimate of drug-likeness (QED) is 0.123. The second-order valence-corrected chi connectivity index (χ2v) is 9.06. The van der Waals surface area contributed by atoms with E-state index in [4.69, 9.17) is 4.18 Å². The van der Waals surface area contributed by atoms with E-state index in [9.17, 15) is 28.6 Å². The molecule has 0 spiro atoms. The van der Waals surface area contributed by atoms with Gasteiger partial charge in [-0.25, -0.2) is 0 Å². The Morgan fingerprint density at radius 2 is 1.69 bits per heavy atom. The number of hydrogen-bond acceptors (Lipinski definition) is 7. The highest BCUT2D eigenvalue weighted by atomic mass is 32.2. The van der Waals surface area contributed by atoms with Crippen LogP contribution in [0.3, 0.4) is 0 Å². The van der Waals surface area contributed by atoms with E-state index in [0.29, 0.717) is 11.3 Å². The van der Waals surface area contributed by atoms with Crippen LogP contribution in [0.5, 0.6) is 5.75 Å². The Bertz CT molecular complexity index is 1670. The summed E-state index contributed by atoms with van der Waals surface area (Å²) in [7, 11) is -4.37. The summed E-state index contributed by atoms with van der Waals surface area (Å²) in [5, 5.41) is 25.0. The van der Waals surface area contributed by atoms with Gasteiger partial charge >= 0.3 is 10.1 Å². The van der Waals surface area contributed by atoms with Crippen molar-refractivity contribution in [3.63, 3.8) is 0 Å². The average molecular weight is 500 g/mol. The summed E-state index contributed by atoms with van der Waals surface area (Å²) < 4.78 is 30.3. The highest BCUT2D eigenvalue weighted by Crippen LogP contribution is 2.25. The number of amides is 1. The molecule has 0 heterocycles. The summed E-state index contributed by atoms with van der Waals surface area (Å²) in [5.41, 5.74) is 0.277. The Balaban J connectivity index is 1.57.